The zero-order chi connectivity index (χ0) is 18.8. The van der Waals surface area contributed by atoms with Gasteiger partial charge in [-0.15, -0.1) is 11.3 Å². The van der Waals surface area contributed by atoms with Gasteiger partial charge in [0.25, 0.3) is 11.8 Å². The number of thiophene rings is 1. The molecule has 5 nitrogen and oxygen atoms in total. The summed E-state index contributed by atoms with van der Waals surface area (Å²) in [6.45, 7) is 1.87. The average molecular weight is 376 g/mol. The van der Waals surface area contributed by atoms with Gasteiger partial charge in [-0.2, -0.15) is 0 Å². The summed E-state index contributed by atoms with van der Waals surface area (Å²) >= 11 is 1.39. The van der Waals surface area contributed by atoms with E-state index in [2.05, 4.69) is 10.6 Å². The second-order valence-electron chi connectivity index (χ2n) is 6.06. The zero-order valence-corrected chi connectivity index (χ0v) is 15.3. The van der Waals surface area contributed by atoms with Gasteiger partial charge in [-0.25, -0.2) is 0 Å². The minimum absolute atomic E-state index is 0.150. The number of benzene rings is 2. The number of nitrogens with one attached hydrogen (secondary N) is 2. The van der Waals surface area contributed by atoms with Crippen LogP contribution < -0.4 is 10.6 Å². The summed E-state index contributed by atoms with van der Waals surface area (Å²) in [6, 6.07) is 18.1. The molecule has 0 saturated carbocycles. The molecule has 2 aromatic heterocycles. The highest BCUT2D eigenvalue weighted by Gasteiger charge is 2.14. The van der Waals surface area contributed by atoms with Crippen LogP contribution in [-0.2, 0) is 0 Å². The third-order valence-corrected chi connectivity index (χ3v) is 5.00. The summed E-state index contributed by atoms with van der Waals surface area (Å²) in [6.07, 6.45) is 0. The van der Waals surface area contributed by atoms with E-state index in [0.717, 1.165) is 10.9 Å². The van der Waals surface area contributed by atoms with Crippen LogP contribution in [-0.4, -0.2) is 11.8 Å². The molecule has 27 heavy (non-hydrogen) atoms. The van der Waals surface area contributed by atoms with Crippen LogP contribution in [0.25, 0.3) is 11.0 Å². The van der Waals surface area contributed by atoms with Crippen LogP contribution in [0.1, 0.15) is 25.8 Å². The number of anilines is 2. The van der Waals surface area contributed by atoms with Gasteiger partial charge in [0, 0.05) is 16.8 Å². The number of para-hydroxylation sites is 1. The first-order valence-corrected chi connectivity index (χ1v) is 9.23. The van der Waals surface area contributed by atoms with Gasteiger partial charge in [-0.1, -0.05) is 24.3 Å². The van der Waals surface area contributed by atoms with Crippen molar-refractivity contribution in [2.24, 2.45) is 0 Å². The Labute approximate surface area is 159 Å². The van der Waals surface area contributed by atoms with E-state index < -0.39 is 0 Å². The van der Waals surface area contributed by atoms with E-state index in [1.165, 1.54) is 11.3 Å². The molecule has 2 heterocycles. The van der Waals surface area contributed by atoms with Crippen molar-refractivity contribution in [1.29, 1.82) is 0 Å². The molecule has 2 N–H and O–H groups in total. The Balaban J connectivity index is 1.49. The van der Waals surface area contributed by atoms with E-state index in [4.69, 9.17) is 4.42 Å². The van der Waals surface area contributed by atoms with Crippen molar-refractivity contribution in [1.82, 2.24) is 0 Å². The predicted molar refractivity (Wildman–Crippen MR) is 108 cm³/mol. The fourth-order valence-electron chi connectivity index (χ4n) is 2.76. The smallest absolute Gasteiger partial charge is 0.291 e. The van der Waals surface area contributed by atoms with Crippen molar-refractivity contribution in [3.8, 4) is 0 Å². The lowest BCUT2D eigenvalue weighted by molar-refractivity contribution is 0.0996. The maximum absolute atomic E-state index is 12.5. The van der Waals surface area contributed by atoms with Crippen LogP contribution in [0.5, 0.6) is 0 Å². The van der Waals surface area contributed by atoms with Crippen molar-refractivity contribution < 1.29 is 14.0 Å². The Morgan fingerprint density at radius 2 is 1.78 bits per heavy atom. The van der Waals surface area contributed by atoms with Crippen molar-refractivity contribution in [2.45, 2.75) is 6.92 Å². The highest BCUT2D eigenvalue weighted by Crippen LogP contribution is 2.23. The number of hydrogen-bond acceptors (Lipinski definition) is 4. The van der Waals surface area contributed by atoms with Gasteiger partial charge in [-0.05, 0) is 54.3 Å². The number of carbonyl (C=O) groups excluding carboxylic acids is 2. The van der Waals surface area contributed by atoms with Crippen LogP contribution in [0, 0.1) is 6.92 Å². The number of hydrogen-bond donors (Lipinski definition) is 2. The number of amides is 2. The SMILES string of the molecule is Cc1cc(NC(=O)c2cccs2)ccc1NC(=O)c1cc2ccccc2o1. The molecule has 0 atom stereocenters. The van der Waals surface area contributed by atoms with Gasteiger partial charge >= 0.3 is 0 Å². The van der Waals surface area contributed by atoms with E-state index in [9.17, 15) is 9.59 Å². The van der Waals surface area contributed by atoms with E-state index in [0.29, 0.717) is 21.8 Å². The largest absolute Gasteiger partial charge is 0.451 e. The first-order valence-electron chi connectivity index (χ1n) is 8.35. The molecule has 4 aromatic rings. The van der Waals surface area contributed by atoms with Gasteiger partial charge in [0.15, 0.2) is 5.76 Å². The number of furan rings is 1. The number of rotatable bonds is 4. The molecule has 0 spiro atoms. The first-order chi connectivity index (χ1) is 13.1. The summed E-state index contributed by atoms with van der Waals surface area (Å²) in [5, 5.41) is 8.45. The molecule has 0 bridgehead atoms. The molecule has 0 aliphatic heterocycles. The lowest BCUT2D eigenvalue weighted by Crippen LogP contribution is -2.13. The molecular formula is C21H16N2O3S. The van der Waals surface area contributed by atoms with Crippen molar-refractivity contribution in [3.05, 3.63) is 82.2 Å². The molecule has 0 aliphatic rings. The van der Waals surface area contributed by atoms with Gasteiger partial charge in [0.1, 0.15) is 5.58 Å². The topological polar surface area (TPSA) is 71.3 Å². The van der Waals surface area contributed by atoms with Crippen molar-refractivity contribution in [2.75, 3.05) is 10.6 Å². The third kappa shape index (κ3) is 3.61. The van der Waals surface area contributed by atoms with E-state index in [-0.39, 0.29) is 17.6 Å². The Morgan fingerprint density at radius 1 is 0.926 bits per heavy atom. The molecular weight excluding hydrogens is 360 g/mol. The maximum Gasteiger partial charge on any atom is 0.291 e. The fraction of sp³-hybridized carbons (Fsp3) is 0.0476. The van der Waals surface area contributed by atoms with Crippen LogP contribution in [0.4, 0.5) is 11.4 Å². The van der Waals surface area contributed by atoms with Crippen LogP contribution in [0.15, 0.2) is 70.5 Å². The molecule has 0 fully saturated rings. The maximum atomic E-state index is 12.5. The van der Waals surface area contributed by atoms with Crippen molar-refractivity contribution in [3.63, 3.8) is 0 Å². The summed E-state index contributed by atoms with van der Waals surface area (Å²) in [5.41, 5.74) is 2.84. The average Bonchev–Trinajstić information content (AvgIpc) is 3.33. The molecule has 0 aliphatic carbocycles. The number of carbonyl (C=O) groups is 2. The molecule has 6 heteroatoms. The van der Waals surface area contributed by atoms with Gasteiger partial charge in [0.05, 0.1) is 4.88 Å². The normalized spacial score (nSPS) is 10.7. The Kier molecular flexibility index (Phi) is 4.48. The zero-order valence-electron chi connectivity index (χ0n) is 14.5. The summed E-state index contributed by atoms with van der Waals surface area (Å²) < 4.78 is 5.59. The third-order valence-electron chi connectivity index (χ3n) is 4.13. The monoisotopic (exact) mass is 376 g/mol. The number of fused-ring (bicyclic) bond motifs is 1. The van der Waals surface area contributed by atoms with Gasteiger partial charge < -0.3 is 15.1 Å². The second-order valence-corrected chi connectivity index (χ2v) is 7.01. The Hall–Kier alpha value is -3.38. The van der Waals surface area contributed by atoms with Gasteiger partial charge in [-0.3, -0.25) is 9.59 Å². The first kappa shape index (κ1) is 17.1. The quantitative estimate of drug-likeness (QED) is 0.507. The summed E-state index contributed by atoms with van der Waals surface area (Å²) in [4.78, 5) is 25.3. The highest BCUT2D eigenvalue weighted by atomic mass is 32.1. The molecule has 0 saturated heterocycles. The lowest BCUT2D eigenvalue weighted by Gasteiger charge is -2.10. The predicted octanol–water partition coefficient (Wildman–Crippen LogP) is 5.31. The summed E-state index contributed by atoms with van der Waals surface area (Å²) in [7, 11) is 0. The fourth-order valence-corrected chi connectivity index (χ4v) is 3.38. The number of aryl methyl sites for hydroxylation is 1. The van der Waals surface area contributed by atoms with E-state index in [1.807, 2.05) is 48.7 Å². The van der Waals surface area contributed by atoms with Crippen LogP contribution in [0.3, 0.4) is 0 Å². The minimum Gasteiger partial charge on any atom is -0.451 e. The van der Waals surface area contributed by atoms with Crippen LogP contribution >= 0.6 is 11.3 Å². The Bertz CT molecular complexity index is 1100. The molecule has 134 valence electrons. The second kappa shape index (κ2) is 7.09. The van der Waals surface area contributed by atoms with Crippen LogP contribution in [0.2, 0.25) is 0 Å². The molecule has 0 unspecified atom stereocenters. The summed E-state index contributed by atoms with van der Waals surface area (Å²) in [5.74, 6) is -0.209. The highest BCUT2D eigenvalue weighted by molar-refractivity contribution is 7.12. The van der Waals surface area contributed by atoms with E-state index >= 15 is 0 Å². The minimum atomic E-state index is -0.315. The molecule has 2 aromatic carbocycles. The lowest BCUT2D eigenvalue weighted by atomic mass is 10.1. The molecule has 0 radical (unpaired) electrons. The molecule has 4 rings (SSSR count). The van der Waals surface area contributed by atoms with E-state index in [1.54, 1.807) is 24.3 Å². The van der Waals surface area contributed by atoms with Crippen molar-refractivity contribution >= 4 is 45.5 Å². The Morgan fingerprint density at radius 3 is 2.52 bits per heavy atom. The standard InChI is InChI=1S/C21H16N2O3S/c1-13-11-15(22-21(25)19-7-4-10-27-19)8-9-16(13)23-20(24)18-12-14-5-2-3-6-17(14)26-18/h2-12H,1H3,(H,22,25)(H,23,24). The molecule has 2 amide bonds. The van der Waals surface area contributed by atoms with Gasteiger partial charge in [0.2, 0.25) is 0 Å².